The van der Waals surface area contributed by atoms with Gasteiger partial charge in [0.2, 0.25) is 5.91 Å². The maximum atomic E-state index is 12.8. The molecule has 1 fully saturated rings. The van der Waals surface area contributed by atoms with Crippen LogP contribution in [-0.4, -0.2) is 45.9 Å². The first kappa shape index (κ1) is 19.1. The van der Waals surface area contributed by atoms with Gasteiger partial charge in [-0.1, -0.05) is 24.3 Å². The summed E-state index contributed by atoms with van der Waals surface area (Å²) in [4.78, 5) is 31.0. The van der Waals surface area contributed by atoms with Crippen molar-refractivity contribution >= 4 is 22.7 Å². The van der Waals surface area contributed by atoms with Gasteiger partial charge in [-0.25, -0.2) is 4.98 Å². The van der Waals surface area contributed by atoms with Crippen LogP contribution in [0.15, 0.2) is 48.5 Å². The smallest absolute Gasteiger partial charge is 0.254 e. The second-order valence-electron chi connectivity index (χ2n) is 7.39. The lowest BCUT2D eigenvalue weighted by molar-refractivity contribution is -0.127. The molecule has 0 radical (unpaired) electrons. The first-order chi connectivity index (χ1) is 14.0. The highest BCUT2D eigenvalue weighted by molar-refractivity contribution is 5.98. The van der Waals surface area contributed by atoms with Crippen LogP contribution in [0.4, 0.5) is 0 Å². The van der Waals surface area contributed by atoms with Crippen molar-refractivity contribution in [3.63, 3.8) is 0 Å². The second-order valence-corrected chi connectivity index (χ2v) is 7.39. The van der Waals surface area contributed by atoms with Crippen molar-refractivity contribution in [1.82, 2.24) is 15.2 Å². The van der Waals surface area contributed by atoms with Gasteiger partial charge in [-0.05, 0) is 43.7 Å². The minimum atomic E-state index is -0.484. The van der Waals surface area contributed by atoms with Gasteiger partial charge >= 0.3 is 0 Å². The third-order valence-electron chi connectivity index (χ3n) is 5.39. The summed E-state index contributed by atoms with van der Waals surface area (Å²) in [6, 6.07) is 14.7. The molecular weight excluding hydrogens is 366 g/mol. The summed E-state index contributed by atoms with van der Waals surface area (Å²) in [6.45, 7) is 4.59. The summed E-state index contributed by atoms with van der Waals surface area (Å²) < 4.78 is 0. The van der Waals surface area contributed by atoms with Crippen LogP contribution in [0.1, 0.15) is 28.4 Å². The highest BCUT2D eigenvalue weighted by Crippen LogP contribution is 2.27. The Morgan fingerprint density at radius 2 is 1.97 bits per heavy atom. The van der Waals surface area contributed by atoms with Gasteiger partial charge in [0.05, 0.1) is 17.8 Å². The molecule has 0 spiro atoms. The van der Waals surface area contributed by atoms with Crippen LogP contribution >= 0.6 is 0 Å². The molecule has 6 nitrogen and oxygen atoms in total. The number of aryl methyl sites for hydroxylation is 1. The van der Waals surface area contributed by atoms with Gasteiger partial charge in [-0.2, -0.15) is 0 Å². The summed E-state index contributed by atoms with van der Waals surface area (Å²) >= 11 is 0. The molecule has 148 valence electrons. The topological polar surface area (TPSA) is 82.5 Å². The Bertz CT molecular complexity index is 1090. The molecule has 1 aliphatic heterocycles. The van der Waals surface area contributed by atoms with Crippen LogP contribution in [0.3, 0.4) is 0 Å². The van der Waals surface area contributed by atoms with E-state index in [4.69, 9.17) is 4.98 Å². The Kier molecular flexibility index (Phi) is 5.03. The fourth-order valence-corrected chi connectivity index (χ4v) is 3.69. The lowest BCUT2D eigenvalue weighted by Crippen LogP contribution is -2.55. The van der Waals surface area contributed by atoms with E-state index < -0.39 is 6.04 Å². The quantitative estimate of drug-likeness (QED) is 0.722. The molecule has 2 heterocycles. The largest absolute Gasteiger partial charge is 0.392 e. The normalized spacial score (nSPS) is 16.7. The molecule has 0 bridgehead atoms. The highest BCUT2D eigenvalue weighted by atomic mass is 16.3. The lowest BCUT2D eigenvalue weighted by atomic mass is 10.0. The van der Waals surface area contributed by atoms with Crippen LogP contribution < -0.4 is 5.32 Å². The number of nitrogens with zero attached hydrogens (tertiary/aromatic N) is 2. The maximum Gasteiger partial charge on any atom is 0.254 e. The van der Waals surface area contributed by atoms with E-state index in [-0.39, 0.29) is 18.4 Å². The molecular formula is C23H23N3O3. The molecule has 0 unspecified atom stereocenters. The molecule has 29 heavy (non-hydrogen) atoms. The van der Waals surface area contributed by atoms with Gasteiger partial charge < -0.3 is 15.3 Å². The zero-order chi connectivity index (χ0) is 20.5. The molecule has 2 aromatic carbocycles. The van der Waals surface area contributed by atoms with Crippen LogP contribution in [0.25, 0.3) is 22.2 Å². The molecule has 2 N–H and O–H groups in total. The SMILES string of the molecule is Cc1ccc2cc(CO)c(-c3ccc(C(=O)N4CCNC(=O)[C@H]4C)cc3)nc2c1. The molecule has 3 aromatic rings. The molecule has 0 saturated carbocycles. The predicted octanol–water partition coefficient (Wildman–Crippen LogP) is 2.66. The molecule has 0 aliphatic carbocycles. The lowest BCUT2D eigenvalue weighted by Gasteiger charge is -2.32. The highest BCUT2D eigenvalue weighted by Gasteiger charge is 2.29. The number of amides is 2. The Morgan fingerprint density at radius 1 is 1.21 bits per heavy atom. The fourth-order valence-electron chi connectivity index (χ4n) is 3.69. The van der Waals surface area contributed by atoms with Gasteiger partial charge in [-0.15, -0.1) is 0 Å². The van der Waals surface area contributed by atoms with Crippen molar-refractivity contribution in [3.8, 4) is 11.3 Å². The van der Waals surface area contributed by atoms with Crippen molar-refractivity contribution in [3.05, 3.63) is 65.2 Å². The molecule has 1 aromatic heterocycles. The van der Waals surface area contributed by atoms with E-state index >= 15 is 0 Å². The van der Waals surface area contributed by atoms with E-state index in [0.717, 1.165) is 27.6 Å². The van der Waals surface area contributed by atoms with E-state index in [2.05, 4.69) is 5.32 Å². The summed E-state index contributed by atoms with van der Waals surface area (Å²) in [7, 11) is 0. The Balaban J connectivity index is 1.67. The van der Waals surface area contributed by atoms with Gasteiger partial charge in [0.25, 0.3) is 5.91 Å². The van der Waals surface area contributed by atoms with E-state index in [1.165, 1.54) is 0 Å². The molecule has 4 rings (SSSR count). The first-order valence-corrected chi connectivity index (χ1v) is 9.68. The number of aromatic nitrogens is 1. The number of aliphatic hydroxyl groups is 1. The first-order valence-electron chi connectivity index (χ1n) is 9.68. The van der Waals surface area contributed by atoms with Gasteiger partial charge in [0, 0.05) is 35.2 Å². The summed E-state index contributed by atoms with van der Waals surface area (Å²) in [5, 5.41) is 13.6. The summed E-state index contributed by atoms with van der Waals surface area (Å²) in [6.07, 6.45) is 0. The average molecular weight is 389 g/mol. The molecule has 6 heteroatoms. The number of piperazine rings is 1. The number of carbonyl (C=O) groups excluding carboxylic acids is 2. The Hall–Kier alpha value is -3.25. The zero-order valence-electron chi connectivity index (χ0n) is 16.5. The van der Waals surface area contributed by atoms with Crippen LogP contribution in [0, 0.1) is 6.92 Å². The number of pyridine rings is 1. The van der Waals surface area contributed by atoms with E-state index in [1.54, 1.807) is 24.0 Å². The molecule has 2 amide bonds. The van der Waals surface area contributed by atoms with Crippen LogP contribution in [-0.2, 0) is 11.4 Å². The number of hydrogen-bond acceptors (Lipinski definition) is 4. The zero-order valence-corrected chi connectivity index (χ0v) is 16.5. The Morgan fingerprint density at radius 3 is 2.69 bits per heavy atom. The Labute approximate surface area is 169 Å². The van der Waals surface area contributed by atoms with Crippen molar-refractivity contribution in [2.24, 2.45) is 0 Å². The number of hydrogen-bond donors (Lipinski definition) is 2. The number of rotatable bonds is 3. The minimum absolute atomic E-state index is 0.118. The fraction of sp³-hybridized carbons (Fsp3) is 0.261. The van der Waals surface area contributed by atoms with Crippen molar-refractivity contribution in [1.29, 1.82) is 0 Å². The third kappa shape index (κ3) is 3.59. The van der Waals surface area contributed by atoms with Crippen molar-refractivity contribution in [2.45, 2.75) is 26.5 Å². The molecule has 1 saturated heterocycles. The van der Waals surface area contributed by atoms with E-state index in [9.17, 15) is 14.7 Å². The third-order valence-corrected chi connectivity index (χ3v) is 5.39. The van der Waals surface area contributed by atoms with Crippen LogP contribution in [0.2, 0.25) is 0 Å². The van der Waals surface area contributed by atoms with E-state index in [1.807, 2.05) is 43.3 Å². The van der Waals surface area contributed by atoms with Crippen molar-refractivity contribution < 1.29 is 14.7 Å². The van der Waals surface area contributed by atoms with Crippen molar-refractivity contribution in [2.75, 3.05) is 13.1 Å². The molecule has 1 aliphatic rings. The molecule has 1 atom stereocenters. The summed E-state index contributed by atoms with van der Waals surface area (Å²) in [5.41, 5.74) is 4.78. The number of aliphatic hydroxyl groups excluding tert-OH is 1. The maximum absolute atomic E-state index is 12.8. The van der Waals surface area contributed by atoms with Crippen LogP contribution in [0.5, 0.6) is 0 Å². The number of nitrogens with one attached hydrogen (secondary N) is 1. The number of benzene rings is 2. The second kappa shape index (κ2) is 7.64. The van der Waals surface area contributed by atoms with E-state index in [0.29, 0.717) is 24.3 Å². The van der Waals surface area contributed by atoms with Gasteiger partial charge in [0.1, 0.15) is 6.04 Å². The minimum Gasteiger partial charge on any atom is -0.392 e. The average Bonchev–Trinajstić information content (AvgIpc) is 2.74. The monoisotopic (exact) mass is 389 g/mol. The standard InChI is InChI=1S/C23H23N3O3/c1-14-3-4-18-12-19(13-27)21(25-20(18)11-14)16-5-7-17(8-6-16)23(29)26-10-9-24-22(28)15(26)2/h3-8,11-12,15,27H,9-10,13H2,1-2H3,(H,24,28)/t15-/m1/s1. The van der Waals surface area contributed by atoms with Gasteiger partial charge in [0.15, 0.2) is 0 Å². The summed E-state index contributed by atoms with van der Waals surface area (Å²) in [5.74, 6) is -0.298. The number of carbonyl (C=O) groups is 2. The predicted molar refractivity (Wildman–Crippen MR) is 111 cm³/mol. The number of fused-ring (bicyclic) bond motifs is 1. The van der Waals surface area contributed by atoms with Gasteiger partial charge in [-0.3, -0.25) is 9.59 Å².